The van der Waals surface area contributed by atoms with Crippen LogP contribution < -0.4 is 29.1 Å². The van der Waals surface area contributed by atoms with Gasteiger partial charge in [-0.1, -0.05) is 33.3 Å². The van der Waals surface area contributed by atoms with Gasteiger partial charge in [-0.2, -0.15) is 0 Å². The molecule has 0 saturated heterocycles. The van der Waals surface area contributed by atoms with Gasteiger partial charge in [0.1, 0.15) is 5.75 Å². The maximum absolute atomic E-state index is 13.8. The molecule has 0 unspecified atom stereocenters. The van der Waals surface area contributed by atoms with Gasteiger partial charge in [-0.25, -0.2) is 9.79 Å². The molecule has 3 aromatic rings. The standard InChI is InChI=1S/C26H24BrIN2O6S/c1-5-35-19-8-7-14(10-20(19)36-6-2)22-17(25(32)34-4)13-29-26-30(22)24(31)21(37-26)11-15-9-16(27)12-18(28)23(15)33-3/h7-13,22H,5-6H2,1-4H3/b21-11+/t22-/m1/s1. The summed E-state index contributed by atoms with van der Waals surface area (Å²) in [5, 5.41) is 0. The van der Waals surface area contributed by atoms with Gasteiger partial charge in [-0.15, -0.1) is 0 Å². The molecule has 8 nitrogen and oxygen atoms in total. The van der Waals surface area contributed by atoms with Crippen LogP contribution in [0.25, 0.3) is 6.08 Å². The number of ether oxygens (including phenoxy) is 4. The molecule has 0 bridgehead atoms. The number of carbonyl (C=O) groups is 1. The van der Waals surface area contributed by atoms with Crippen molar-refractivity contribution in [2.24, 2.45) is 4.99 Å². The number of hydrogen-bond donors (Lipinski definition) is 0. The van der Waals surface area contributed by atoms with Crippen molar-refractivity contribution in [2.45, 2.75) is 19.9 Å². The summed E-state index contributed by atoms with van der Waals surface area (Å²) in [7, 11) is 2.89. The lowest BCUT2D eigenvalue weighted by atomic mass is 9.97. The van der Waals surface area contributed by atoms with Gasteiger partial charge >= 0.3 is 5.97 Å². The maximum Gasteiger partial charge on any atom is 0.337 e. The summed E-state index contributed by atoms with van der Waals surface area (Å²) in [6, 6.07) is 8.45. The monoisotopic (exact) mass is 698 g/mol. The van der Waals surface area contributed by atoms with Crippen LogP contribution in [0.5, 0.6) is 17.2 Å². The molecule has 0 N–H and O–H groups in total. The molecule has 0 amide bonds. The highest BCUT2D eigenvalue weighted by molar-refractivity contribution is 14.1. The van der Waals surface area contributed by atoms with Crippen molar-refractivity contribution in [3.63, 3.8) is 0 Å². The Morgan fingerprint density at radius 1 is 1.16 bits per heavy atom. The SMILES string of the molecule is CCOc1ccc([C@@H]2C(C(=O)OC)=CN=c3s/c(=C/c4cc(Br)cc(I)c4OC)c(=O)n32)cc1OCC. The van der Waals surface area contributed by atoms with Crippen molar-refractivity contribution in [3.05, 3.63) is 81.0 Å². The lowest BCUT2D eigenvalue weighted by molar-refractivity contribution is -0.136. The Morgan fingerprint density at radius 2 is 1.89 bits per heavy atom. The fourth-order valence-corrected chi connectivity index (χ4v) is 6.76. The van der Waals surface area contributed by atoms with E-state index in [4.69, 9.17) is 18.9 Å². The number of rotatable bonds is 8. The minimum atomic E-state index is -0.759. The van der Waals surface area contributed by atoms with E-state index in [1.807, 2.05) is 32.0 Å². The molecule has 1 aromatic heterocycles. The zero-order valence-electron chi connectivity index (χ0n) is 20.5. The molecule has 0 saturated carbocycles. The molecule has 0 radical (unpaired) electrons. The van der Waals surface area contributed by atoms with Gasteiger partial charge in [-0.05, 0) is 72.3 Å². The quantitative estimate of drug-likeness (QED) is 0.259. The molecule has 4 rings (SSSR count). The first-order valence-electron chi connectivity index (χ1n) is 11.3. The zero-order chi connectivity index (χ0) is 26.7. The van der Waals surface area contributed by atoms with Crippen LogP contribution in [0.3, 0.4) is 0 Å². The number of methoxy groups -OCH3 is 2. The van der Waals surface area contributed by atoms with Gasteiger partial charge in [0.25, 0.3) is 5.56 Å². The summed E-state index contributed by atoms with van der Waals surface area (Å²) in [6.07, 6.45) is 3.24. The predicted octanol–water partition coefficient (Wildman–Crippen LogP) is 4.19. The molecular formula is C26H24BrIN2O6S. The Kier molecular flexibility index (Phi) is 8.75. The molecule has 0 fully saturated rings. The Bertz CT molecular complexity index is 1560. The second-order valence-electron chi connectivity index (χ2n) is 7.76. The number of nitrogens with zero attached hydrogens (tertiary/aromatic N) is 2. The van der Waals surface area contributed by atoms with Crippen LogP contribution in [0.2, 0.25) is 0 Å². The van der Waals surface area contributed by atoms with E-state index in [9.17, 15) is 9.59 Å². The Balaban J connectivity index is 1.94. The van der Waals surface area contributed by atoms with E-state index in [1.54, 1.807) is 25.3 Å². The summed E-state index contributed by atoms with van der Waals surface area (Å²) < 4.78 is 25.8. The van der Waals surface area contributed by atoms with Gasteiger partial charge in [-0.3, -0.25) is 9.36 Å². The van der Waals surface area contributed by atoms with Crippen molar-refractivity contribution in [2.75, 3.05) is 27.4 Å². The van der Waals surface area contributed by atoms with Crippen LogP contribution >= 0.6 is 49.9 Å². The predicted molar refractivity (Wildman–Crippen MR) is 153 cm³/mol. The summed E-state index contributed by atoms with van der Waals surface area (Å²) in [4.78, 5) is 31.4. The van der Waals surface area contributed by atoms with Crippen LogP contribution in [-0.2, 0) is 9.53 Å². The summed E-state index contributed by atoms with van der Waals surface area (Å²) >= 11 is 6.94. The fourth-order valence-electron chi connectivity index (χ4n) is 4.03. The van der Waals surface area contributed by atoms with Gasteiger partial charge < -0.3 is 18.9 Å². The first kappa shape index (κ1) is 27.4. The Hall–Kier alpha value is -2.64. The van der Waals surface area contributed by atoms with Crippen LogP contribution in [-0.4, -0.2) is 38.0 Å². The summed E-state index contributed by atoms with van der Waals surface area (Å²) in [5.74, 6) is 1.20. The van der Waals surface area contributed by atoms with Crippen molar-refractivity contribution in [1.82, 2.24) is 4.57 Å². The van der Waals surface area contributed by atoms with Crippen molar-refractivity contribution < 1.29 is 23.7 Å². The zero-order valence-corrected chi connectivity index (χ0v) is 25.1. The molecule has 1 aliphatic rings. The molecule has 0 aliphatic carbocycles. The fraction of sp³-hybridized carbons (Fsp3) is 0.269. The van der Waals surface area contributed by atoms with E-state index in [-0.39, 0.29) is 11.1 Å². The molecule has 1 aliphatic heterocycles. The number of aromatic nitrogens is 1. The number of esters is 1. The largest absolute Gasteiger partial charge is 0.495 e. The average molecular weight is 699 g/mol. The molecule has 11 heteroatoms. The third-order valence-corrected chi connectivity index (χ3v) is 7.79. The molecule has 37 heavy (non-hydrogen) atoms. The number of halogens is 2. The third kappa shape index (κ3) is 5.48. The van der Waals surface area contributed by atoms with Crippen LogP contribution in [0, 0.1) is 3.57 Å². The van der Waals surface area contributed by atoms with Gasteiger partial charge in [0, 0.05) is 16.2 Å². The average Bonchev–Trinajstić information content (AvgIpc) is 3.19. The van der Waals surface area contributed by atoms with Crippen molar-refractivity contribution in [3.8, 4) is 17.2 Å². The molecule has 2 aromatic carbocycles. The number of hydrogen-bond acceptors (Lipinski definition) is 8. The van der Waals surface area contributed by atoms with Gasteiger partial charge in [0.05, 0.1) is 47.2 Å². The number of thiazole rings is 1. The van der Waals surface area contributed by atoms with Crippen LogP contribution in [0.4, 0.5) is 0 Å². The highest BCUT2D eigenvalue weighted by Gasteiger charge is 2.31. The summed E-state index contributed by atoms with van der Waals surface area (Å²) in [6.45, 7) is 4.67. The van der Waals surface area contributed by atoms with Crippen molar-refractivity contribution >= 4 is 61.9 Å². The van der Waals surface area contributed by atoms with Gasteiger partial charge in [0.15, 0.2) is 16.3 Å². The van der Waals surface area contributed by atoms with E-state index in [0.717, 1.165) is 13.6 Å². The molecule has 1 atom stereocenters. The van der Waals surface area contributed by atoms with Gasteiger partial charge in [0.2, 0.25) is 0 Å². The van der Waals surface area contributed by atoms with Crippen LogP contribution in [0.1, 0.15) is 31.0 Å². The Morgan fingerprint density at radius 3 is 2.57 bits per heavy atom. The van der Waals surface area contributed by atoms with Crippen molar-refractivity contribution in [1.29, 1.82) is 0 Å². The highest BCUT2D eigenvalue weighted by Crippen LogP contribution is 2.35. The second kappa shape index (κ2) is 11.8. The normalized spacial score (nSPS) is 14.9. The molecule has 2 heterocycles. The molecular weight excluding hydrogens is 675 g/mol. The third-order valence-electron chi connectivity index (χ3n) is 5.54. The van der Waals surface area contributed by atoms with E-state index < -0.39 is 12.0 Å². The van der Waals surface area contributed by atoms with E-state index in [0.29, 0.717) is 45.4 Å². The van der Waals surface area contributed by atoms with E-state index in [1.165, 1.54) is 29.2 Å². The first-order chi connectivity index (χ1) is 17.8. The number of fused-ring (bicyclic) bond motifs is 1. The number of carbonyl (C=O) groups excluding carboxylic acids is 1. The minimum Gasteiger partial charge on any atom is -0.495 e. The second-order valence-corrected chi connectivity index (χ2v) is 10.8. The van der Waals surface area contributed by atoms with E-state index in [2.05, 4.69) is 43.5 Å². The smallest absolute Gasteiger partial charge is 0.337 e. The topological polar surface area (TPSA) is 88.4 Å². The Labute approximate surface area is 239 Å². The van der Waals surface area contributed by atoms with Crippen LogP contribution in [0.15, 0.2) is 56.4 Å². The maximum atomic E-state index is 13.8. The van der Waals surface area contributed by atoms with E-state index >= 15 is 0 Å². The molecule has 0 spiro atoms. The highest BCUT2D eigenvalue weighted by atomic mass is 127. The minimum absolute atomic E-state index is 0.239. The first-order valence-corrected chi connectivity index (χ1v) is 14.0. The lowest BCUT2D eigenvalue weighted by Crippen LogP contribution is -2.39. The molecule has 194 valence electrons. The lowest BCUT2D eigenvalue weighted by Gasteiger charge is -2.23. The summed E-state index contributed by atoms with van der Waals surface area (Å²) in [5.41, 5.74) is 1.37. The number of benzene rings is 2.